The first-order valence-corrected chi connectivity index (χ1v) is 8.40. The van der Waals surface area contributed by atoms with Gasteiger partial charge in [0.2, 0.25) is 5.91 Å². The predicted octanol–water partition coefficient (Wildman–Crippen LogP) is 2.34. The fraction of sp³-hybridized carbons (Fsp3) is 0.588. The smallest absolute Gasteiger partial charge is 0.269 e. The summed E-state index contributed by atoms with van der Waals surface area (Å²) in [6.07, 6.45) is 3.37. The molecule has 1 aliphatic heterocycles. The average Bonchev–Trinajstić information content (AvgIpc) is 2.59. The van der Waals surface area contributed by atoms with Crippen LogP contribution in [0.3, 0.4) is 0 Å². The van der Waals surface area contributed by atoms with E-state index in [1.165, 1.54) is 12.1 Å². The number of non-ortho nitro benzene ring substituents is 1. The molecule has 1 amide bonds. The first kappa shape index (κ1) is 18.2. The van der Waals surface area contributed by atoms with Gasteiger partial charge in [-0.15, -0.1) is 0 Å². The highest BCUT2D eigenvalue weighted by atomic mass is 16.6. The number of hydrogen-bond donors (Lipinski definition) is 1. The number of nitro groups is 1. The SMILES string of the molecule is CN(C)C1CCN(C(=O)CCCNc2ccc([N+](=O)[O-])cc2)CC1. The highest BCUT2D eigenvalue weighted by Crippen LogP contribution is 2.17. The number of carbonyl (C=O) groups is 1. The number of likely N-dealkylation sites (tertiary alicyclic amines) is 1. The molecule has 7 nitrogen and oxygen atoms in total. The molecule has 1 aromatic rings. The van der Waals surface area contributed by atoms with Gasteiger partial charge in [-0.25, -0.2) is 0 Å². The molecule has 1 heterocycles. The van der Waals surface area contributed by atoms with Crippen molar-refractivity contribution in [3.05, 3.63) is 34.4 Å². The normalized spacial score (nSPS) is 15.5. The first-order chi connectivity index (χ1) is 11.5. The molecule has 24 heavy (non-hydrogen) atoms. The summed E-state index contributed by atoms with van der Waals surface area (Å²) < 4.78 is 0. The third kappa shape index (κ3) is 5.19. The maximum atomic E-state index is 12.2. The van der Waals surface area contributed by atoms with Crippen molar-refractivity contribution in [2.45, 2.75) is 31.7 Å². The zero-order chi connectivity index (χ0) is 17.5. The maximum absolute atomic E-state index is 12.2. The highest BCUT2D eigenvalue weighted by molar-refractivity contribution is 5.76. The number of carbonyl (C=O) groups excluding carboxylic acids is 1. The quantitative estimate of drug-likeness (QED) is 0.470. The minimum absolute atomic E-state index is 0.0804. The van der Waals surface area contributed by atoms with Gasteiger partial charge >= 0.3 is 0 Å². The van der Waals surface area contributed by atoms with Crippen molar-refractivity contribution >= 4 is 17.3 Å². The molecule has 0 aromatic heterocycles. The van der Waals surface area contributed by atoms with E-state index in [4.69, 9.17) is 0 Å². The van der Waals surface area contributed by atoms with Crippen molar-refractivity contribution in [1.82, 2.24) is 9.80 Å². The summed E-state index contributed by atoms with van der Waals surface area (Å²) in [6, 6.07) is 6.90. The minimum atomic E-state index is -0.415. The van der Waals surface area contributed by atoms with E-state index >= 15 is 0 Å². The van der Waals surface area contributed by atoms with E-state index in [2.05, 4.69) is 24.3 Å². The van der Waals surface area contributed by atoms with E-state index < -0.39 is 4.92 Å². The number of nitrogens with zero attached hydrogens (tertiary/aromatic N) is 3. The summed E-state index contributed by atoms with van der Waals surface area (Å²) in [5, 5.41) is 13.8. The summed E-state index contributed by atoms with van der Waals surface area (Å²) >= 11 is 0. The van der Waals surface area contributed by atoms with Gasteiger partial charge in [-0.3, -0.25) is 14.9 Å². The Bertz CT molecular complexity index is 551. The van der Waals surface area contributed by atoms with Gasteiger partial charge in [-0.1, -0.05) is 0 Å². The molecule has 1 saturated heterocycles. The molecule has 0 spiro atoms. The Hall–Kier alpha value is -2.15. The van der Waals surface area contributed by atoms with Crippen LogP contribution >= 0.6 is 0 Å². The number of piperidine rings is 1. The molecule has 0 bridgehead atoms. The summed E-state index contributed by atoms with van der Waals surface area (Å²) in [7, 11) is 4.18. The minimum Gasteiger partial charge on any atom is -0.385 e. The van der Waals surface area contributed by atoms with E-state index in [0.717, 1.165) is 38.0 Å². The van der Waals surface area contributed by atoms with Crippen LogP contribution in [0.1, 0.15) is 25.7 Å². The van der Waals surface area contributed by atoms with Crippen LogP contribution in [0, 0.1) is 10.1 Å². The number of hydrogen-bond acceptors (Lipinski definition) is 5. The average molecular weight is 334 g/mol. The third-order valence-electron chi connectivity index (χ3n) is 4.52. The van der Waals surface area contributed by atoms with Gasteiger partial charge in [-0.05, 0) is 45.5 Å². The zero-order valence-corrected chi connectivity index (χ0v) is 14.4. The van der Waals surface area contributed by atoms with Gasteiger partial charge in [0.05, 0.1) is 4.92 Å². The molecular weight excluding hydrogens is 308 g/mol. The molecule has 1 fully saturated rings. The lowest BCUT2D eigenvalue weighted by Crippen LogP contribution is -2.44. The molecule has 0 radical (unpaired) electrons. The third-order valence-corrected chi connectivity index (χ3v) is 4.52. The predicted molar refractivity (Wildman–Crippen MR) is 94.1 cm³/mol. The Morgan fingerprint density at radius 3 is 2.46 bits per heavy atom. The van der Waals surface area contributed by atoms with Gasteiger partial charge in [0.15, 0.2) is 0 Å². The number of benzene rings is 1. The molecule has 0 unspecified atom stereocenters. The van der Waals surface area contributed by atoms with Crippen LogP contribution in [-0.2, 0) is 4.79 Å². The summed E-state index contributed by atoms with van der Waals surface area (Å²) in [4.78, 5) is 26.6. The van der Waals surface area contributed by atoms with Crippen molar-refractivity contribution < 1.29 is 9.72 Å². The van der Waals surface area contributed by atoms with Crippen molar-refractivity contribution in [2.75, 3.05) is 39.0 Å². The Kier molecular flexibility index (Phi) is 6.54. The molecule has 0 saturated carbocycles. The molecule has 0 atom stereocenters. The maximum Gasteiger partial charge on any atom is 0.269 e. The van der Waals surface area contributed by atoms with E-state index in [-0.39, 0.29) is 11.6 Å². The van der Waals surface area contributed by atoms with Crippen molar-refractivity contribution in [2.24, 2.45) is 0 Å². The number of amides is 1. The van der Waals surface area contributed by atoms with Crippen molar-refractivity contribution in [3.63, 3.8) is 0 Å². The van der Waals surface area contributed by atoms with Gasteiger partial charge in [0, 0.05) is 49.9 Å². The van der Waals surface area contributed by atoms with E-state index in [9.17, 15) is 14.9 Å². The fourth-order valence-corrected chi connectivity index (χ4v) is 2.96. The fourth-order valence-electron chi connectivity index (χ4n) is 2.96. The monoisotopic (exact) mass is 334 g/mol. The highest BCUT2D eigenvalue weighted by Gasteiger charge is 2.23. The summed E-state index contributed by atoms with van der Waals surface area (Å²) in [5.41, 5.74) is 0.914. The van der Waals surface area contributed by atoms with Crippen LogP contribution in [0.15, 0.2) is 24.3 Å². The van der Waals surface area contributed by atoms with Crippen molar-refractivity contribution in [1.29, 1.82) is 0 Å². The second kappa shape index (κ2) is 8.63. The Labute approximate surface area is 142 Å². The molecule has 1 aromatic carbocycles. The molecule has 1 aliphatic rings. The van der Waals surface area contributed by atoms with E-state index in [1.807, 2.05) is 4.90 Å². The van der Waals surface area contributed by atoms with Gasteiger partial charge in [0.1, 0.15) is 0 Å². The summed E-state index contributed by atoms with van der Waals surface area (Å²) in [6.45, 7) is 2.37. The lowest BCUT2D eigenvalue weighted by molar-refractivity contribution is -0.384. The van der Waals surface area contributed by atoms with Gasteiger partial charge in [-0.2, -0.15) is 0 Å². The number of rotatable bonds is 7. The Morgan fingerprint density at radius 2 is 1.92 bits per heavy atom. The topological polar surface area (TPSA) is 78.7 Å². The standard InChI is InChI=1S/C17H26N4O3/c1-19(2)15-9-12-20(13-10-15)17(22)4-3-11-18-14-5-7-16(8-6-14)21(23)24/h5-8,15,18H,3-4,9-13H2,1-2H3. The van der Waals surface area contributed by atoms with E-state index in [1.54, 1.807) is 12.1 Å². The lowest BCUT2D eigenvalue weighted by atomic mass is 10.0. The van der Waals surface area contributed by atoms with Crippen LogP contribution in [-0.4, -0.2) is 60.4 Å². The molecule has 7 heteroatoms. The van der Waals surface area contributed by atoms with Crippen LogP contribution < -0.4 is 5.32 Å². The summed E-state index contributed by atoms with van der Waals surface area (Å²) in [5.74, 6) is 0.220. The molecule has 132 valence electrons. The first-order valence-electron chi connectivity index (χ1n) is 8.40. The van der Waals surface area contributed by atoms with Crippen molar-refractivity contribution in [3.8, 4) is 0 Å². The molecule has 1 N–H and O–H groups in total. The number of nitrogens with one attached hydrogen (secondary N) is 1. The van der Waals surface area contributed by atoms with Crippen LogP contribution in [0.2, 0.25) is 0 Å². The van der Waals surface area contributed by atoms with Crippen LogP contribution in [0.4, 0.5) is 11.4 Å². The van der Waals surface area contributed by atoms with Crippen LogP contribution in [0.25, 0.3) is 0 Å². The zero-order valence-electron chi connectivity index (χ0n) is 14.4. The van der Waals surface area contributed by atoms with E-state index in [0.29, 0.717) is 19.0 Å². The lowest BCUT2D eigenvalue weighted by Gasteiger charge is -2.35. The van der Waals surface area contributed by atoms with Gasteiger partial charge in [0.25, 0.3) is 5.69 Å². The molecule has 0 aliphatic carbocycles. The number of nitro benzene ring substituents is 1. The number of anilines is 1. The van der Waals surface area contributed by atoms with Gasteiger partial charge < -0.3 is 15.1 Å². The molecular formula is C17H26N4O3. The second-order valence-electron chi connectivity index (χ2n) is 6.41. The Morgan fingerprint density at radius 1 is 1.29 bits per heavy atom. The van der Waals surface area contributed by atoms with Crippen LogP contribution in [0.5, 0.6) is 0 Å². The molecule has 2 rings (SSSR count). The second-order valence-corrected chi connectivity index (χ2v) is 6.41. The Balaban J connectivity index is 1.65. The largest absolute Gasteiger partial charge is 0.385 e.